The number of carbonyl (C=O) groups excluding carboxylic acids is 2. The van der Waals surface area contributed by atoms with E-state index in [1.807, 2.05) is 0 Å². The molecule has 41 heavy (non-hydrogen) atoms. The normalized spacial score (nSPS) is 19.9. The summed E-state index contributed by atoms with van der Waals surface area (Å²) >= 11 is 7.26. The summed E-state index contributed by atoms with van der Waals surface area (Å²) in [6.07, 6.45) is -4.65. The lowest BCUT2D eigenvalue weighted by atomic mass is 9.99. The van der Waals surface area contributed by atoms with Crippen LogP contribution in [0.3, 0.4) is 0 Å². The number of benzene rings is 1. The highest BCUT2D eigenvalue weighted by Gasteiger charge is 2.54. The Kier molecular flexibility index (Phi) is 8.82. The van der Waals surface area contributed by atoms with Crippen molar-refractivity contribution in [1.29, 1.82) is 0 Å². The van der Waals surface area contributed by atoms with Crippen molar-refractivity contribution < 1.29 is 37.0 Å². The van der Waals surface area contributed by atoms with Gasteiger partial charge in [0.05, 0.1) is 36.8 Å². The van der Waals surface area contributed by atoms with E-state index in [-0.39, 0.29) is 42.7 Å². The van der Waals surface area contributed by atoms with Crippen molar-refractivity contribution in [3.8, 4) is 11.8 Å². The van der Waals surface area contributed by atoms with Gasteiger partial charge in [-0.3, -0.25) is 14.5 Å². The maximum absolute atomic E-state index is 14.5. The number of amides is 1. The number of likely N-dealkylation sites (tertiary alicyclic amines) is 1. The van der Waals surface area contributed by atoms with Crippen molar-refractivity contribution in [3.63, 3.8) is 0 Å². The van der Waals surface area contributed by atoms with Gasteiger partial charge in [-0.25, -0.2) is 0 Å². The zero-order valence-corrected chi connectivity index (χ0v) is 23.5. The molecule has 3 aromatic rings. The Morgan fingerprint density at radius 3 is 2.59 bits per heavy atom. The Hall–Kier alpha value is -3.20. The molecule has 0 bridgehead atoms. The van der Waals surface area contributed by atoms with Gasteiger partial charge in [0.1, 0.15) is 18.4 Å². The fourth-order valence-electron chi connectivity index (χ4n) is 5.02. The molecule has 0 saturated carbocycles. The molecule has 2 saturated heterocycles. The SMILES string of the molecule is COc1ccccc1C(=O)n1nc(C2CCN(CC(=O)N3CCOCC3)C2C(F)(F)F)nc1OCc1ccc(Cl)s1. The third-order valence-corrected chi connectivity index (χ3v) is 8.17. The molecule has 5 rings (SSSR count). The van der Waals surface area contributed by atoms with E-state index in [2.05, 4.69) is 10.1 Å². The number of carbonyl (C=O) groups is 2. The molecule has 220 valence electrons. The first-order chi connectivity index (χ1) is 19.7. The molecule has 2 aliphatic rings. The number of halogens is 4. The van der Waals surface area contributed by atoms with Crippen LogP contribution in [0.1, 0.15) is 33.4 Å². The molecule has 2 fully saturated rings. The van der Waals surface area contributed by atoms with Crippen LogP contribution in [-0.2, 0) is 16.1 Å². The Morgan fingerprint density at radius 1 is 1.15 bits per heavy atom. The molecule has 1 amide bonds. The highest BCUT2D eigenvalue weighted by Crippen LogP contribution is 2.42. The van der Waals surface area contributed by atoms with Crippen molar-refractivity contribution >= 4 is 34.8 Å². The first-order valence-corrected chi connectivity index (χ1v) is 14.0. The van der Waals surface area contributed by atoms with Crippen molar-refractivity contribution in [2.24, 2.45) is 0 Å². The third-order valence-electron chi connectivity index (χ3n) is 6.97. The highest BCUT2D eigenvalue weighted by molar-refractivity contribution is 7.16. The Morgan fingerprint density at radius 2 is 1.90 bits per heavy atom. The van der Waals surface area contributed by atoms with Crippen molar-refractivity contribution in [3.05, 3.63) is 57.0 Å². The van der Waals surface area contributed by atoms with Gasteiger partial charge >= 0.3 is 12.2 Å². The van der Waals surface area contributed by atoms with Gasteiger partial charge in [0.15, 0.2) is 5.82 Å². The minimum Gasteiger partial charge on any atom is -0.496 e. The number of para-hydroxylation sites is 1. The molecular formula is C26H27ClF3N5O5S. The van der Waals surface area contributed by atoms with Crippen LogP contribution in [0.5, 0.6) is 11.8 Å². The number of nitrogens with zero attached hydrogens (tertiary/aromatic N) is 5. The summed E-state index contributed by atoms with van der Waals surface area (Å²) in [6.45, 7) is 0.939. The monoisotopic (exact) mass is 613 g/mol. The van der Waals surface area contributed by atoms with Gasteiger partial charge in [-0.2, -0.15) is 18.2 Å². The second-order valence-electron chi connectivity index (χ2n) is 9.51. The van der Waals surface area contributed by atoms with Crippen molar-refractivity contribution in [2.45, 2.75) is 31.2 Å². The second kappa shape index (κ2) is 12.3. The van der Waals surface area contributed by atoms with Gasteiger partial charge in [0, 0.05) is 30.4 Å². The summed E-state index contributed by atoms with van der Waals surface area (Å²) in [6, 6.07) is 7.54. The van der Waals surface area contributed by atoms with Gasteiger partial charge < -0.3 is 19.1 Å². The van der Waals surface area contributed by atoms with Crippen molar-refractivity contribution in [2.75, 3.05) is 46.5 Å². The number of morpholine rings is 1. The molecule has 2 aromatic heterocycles. The summed E-state index contributed by atoms with van der Waals surface area (Å²) < 4.78 is 61.1. The molecule has 0 N–H and O–H groups in total. The first-order valence-electron chi connectivity index (χ1n) is 12.8. The van der Waals surface area contributed by atoms with E-state index >= 15 is 0 Å². The second-order valence-corrected chi connectivity index (χ2v) is 11.3. The minimum atomic E-state index is -4.68. The van der Waals surface area contributed by atoms with E-state index in [9.17, 15) is 22.8 Å². The maximum Gasteiger partial charge on any atom is 0.404 e. The molecule has 0 radical (unpaired) electrons. The van der Waals surface area contributed by atoms with E-state index in [1.165, 1.54) is 29.4 Å². The molecule has 2 atom stereocenters. The van der Waals surface area contributed by atoms with Crippen LogP contribution in [-0.4, -0.2) is 95.1 Å². The Balaban J connectivity index is 1.45. The standard InChI is InChI=1S/C26H27ClF3N5O5S/c1-38-19-5-3-2-4-17(19)24(37)35-25(40-15-16-6-7-20(27)41-16)31-23(32-35)18-8-9-34(22(18)26(28,29)30)14-21(36)33-10-12-39-13-11-33/h2-7,18,22H,8-15H2,1H3. The maximum atomic E-state index is 14.5. The van der Waals surface area contributed by atoms with Crippen LogP contribution in [0.15, 0.2) is 36.4 Å². The molecule has 10 nitrogen and oxygen atoms in total. The lowest BCUT2D eigenvalue weighted by molar-refractivity contribution is -0.181. The minimum absolute atomic E-state index is 0.00377. The van der Waals surface area contributed by atoms with E-state index < -0.39 is 36.5 Å². The Labute approximate surface area is 242 Å². The summed E-state index contributed by atoms with van der Waals surface area (Å²) in [7, 11) is 1.40. The summed E-state index contributed by atoms with van der Waals surface area (Å²) in [5.41, 5.74) is 0.131. The van der Waals surface area contributed by atoms with Gasteiger partial charge in [-0.1, -0.05) is 23.7 Å². The van der Waals surface area contributed by atoms with Gasteiger partial charge in [-0.05, 0) is 30.7 Å². The van der Waals surface area contributed by atoms with Crippen LogP contribution in [0, 0.1) is 0 Å². The van der Waals surface area contributed by atoms with Gasteiger partial charge in [0.25, 0.3) is 5.91 Å². The predicted octanol–water partition coefficient (Wildman–Crippen LogP) is 3.85. The molecule has 4 heterocycles. The third kappa shape index (κ3) is 6.50. The number of hydrogen-bond acceptors (Lipinski definition) is 9. The van der Waals surface area contributed by atoms with E-state index in [0.717, 1.165) is 14.5 Å². The number of ether oxygens (including phenoxy) is 3. The molecule has 2 aliphatic heterocycles. The smallest absolute Gasteiger partial charge is 0.404 e. The van der Waals surface area contributed by atoms with Gasteiger partial charge in [-0.15, -0.1) is 21.1 Å². The molecule has 1 aromatic carbocycles. The summed E-state index contributed by atoms with van der Waals surface area (Å²) in [5, 5.41) is 4.24. The predicted molar refractivity (Wildman–Crippen MR) is 143 cm³/mol. The number of methoxy groups -OCH3 is 1. The van der Waals surface area contributed by atoms with Crippen LogP contribution in [0.25, 0.3) is 0 Å². The molecule has 0 aliphatic carbocycles. The topological polar surface area (TPSA) is 99.0 Å². The number of rotatable bonds is 8. The zero-order valence-electron chi connectivity index (χ0n) is 22.0. The van der Waals surface area contributed by atoms with Gasteiger partial charge in [0.2, 0.25) is 5.91 Å². The molecule has 2 unspecified atom stereocenters. The Bertz CT molecular complexity index is 1390. The van der Waals surface area contributed by atoms with Crippen LogP contribution in [0.4, 0.5) is 13.2 Å². The molecule has 15 heteroatoms. The number of aromatic nitrogens is 3. The molecule has 0 spiro atoms. The summed E-state index contributed by atoms with van der Waals surface area (Å²) in [4.78, 5) is 34.0. The average Bonchev–Trinajstić information content (AvgIpc) is 3.70. The fraction of sp³-hybridized carbons (Fsp3) is 0.462. The molecular weight excluding hydrogens is 587 g/mol. The fourth-order valence-corrected chi connectivity index (χ4v) is 6.02. The van der Waals surface area contributed by atoms with Crippen LogP contribution in [0.2, 0.25) is 4.34 Å². The quantitative estimate of drug-likeness (QED) is 0.378. The van der Waals surface area contributed by atoms with Crippen LogP contribution >= 0.6 is 22.9 Å². The van der Waals surface area contributed by atoms with Crippen molar-refractivity contribution in [1.82, 2.24) is 24.6 Å². The lowest BCUT2D eigenvalue weighted by Crippen LogP contribution is -2.50. The summed E-state index contributed by atoms with van der Waals surface area (Å²) in [5.74, 6) is -2.24. The first kappa shape index (κ1) is 29.3. The number of alkyl halides is 3. The largest absolute Gasteiger partial charge is 0.496 e. The highest BCUT2D eigenvalue weighted by atomic mass is 35.5. The lowest BCUT2D eigenvalue weighted by Gasteiger charge is -2.32. The van der Waals surface area contributed by atoms with Crippen LogP contribution < -0.4 is 9.47 Å². The average molecular weight is 614 g/mol. The van der Waals surface area contributed by atoms with E-state index in [4.69, 9.17) is 25.8 Å². The number of thiophene rings is 1. The van der Waals surface area contributed by atoms with E-state index in [0.29, 0.717) is 30.6 Å². The number of hydrogen-bond donors (Lipinski definition) is 0. The zero-order chi connectivity index (χ0) is 29.1. The van der Waals surface area contributed by atoms with E-state index in [1.54, 1.807) is 30.3 Å².